The Morgan fingerprint density at radius 2 is 2.05 bits per heavy atom. The Morgan fingerprint density at radius 1 is 1.35 bits per heavy atom. The molecule has 4 heteroatoms. The third-order valence-corrected chi connectivity index (χ3v) is 4.21. The lowest BCUT2D eigenvalue weighted by Gasteiger charge is -2.27. The Kier molecular flexibility index (Phi) is 7.38. The molecule has 0 radical (unpaired) electrons. The zero-order valence-electron chi connectivity index (χ0n) is 13.7. The summed E-state index contributed by atoms with van der Waals surface area (Å²) >= 11 is 1.88. The molecule has 1 atom stereocenters. The zero-order chi connectivity index (χ0) is 15.1. The van der Waals surface area contributed by atoms with E-state index in [9.17, 15) is 0 Å². The van der Waals surface area contributed by atoms with E-state index in [2.05, 4.69) is 62.3 Å². The van der Waals surface area contributed by atoms with Crippen LogP contribution in [-0.4, -0.2) is 36.6 Å². The van der Waals surface area contributed by atoms with E-state index in [-0.39, 0.29) is 0 Å². The summed E-state index contributed by atoms with van der Waals surface area (Å²) in [6.07, 6.45) is 4.14. The monoisotopic (exact) mass is 295 g/mol. The molecule has 1 heterocycles. The topological polar surface area (TPSA) is 28.2 Å². The number of nitrogens with one attached hydrogen (secondary N) is 1. The summed E-state index contributed by atoms with van der Waals surface area (Å²) in [6, 6.07) is 2.75. The van der Waals surface area contributed by atoms with Crippen molar-refractivity contribution in [2.24, 2.45) is 5.92 Å². The predicted molar refractivity (Wildman–Crippen MR) is 91.8 cm³/mol. The molecular formula is C16H29N3S. The van der Waals surface area contributed by atoms with Gasteiger partial charge in [0, 0.05) is 31.6 Å². The molecule has 0 aliphatic rings. The molecular weight excluding hydrogens is 266 g/mol. The van der Waals surface area contributed by atoms with Crippen LogP contribution in [0.25, 0.3) is 0 Å². The minimum Gasteiger partial charge on any atom is -0.356 e. The number of hydrogen-bond donors (Lipinski definition) is 1. The Bertz CT molecular complexity index is 407. The fraction of sp³-hybridized carbons (Fsp3) is 0.688. The first kappa shape index (κ1) is 17.3. The molecule has 1 unspecified atom stereocenters. The summed E-state index contributed by atoms with van der Waals surface area (Å²) in [5.41, 5.74) is 2.52. The van der Waals surface area contributed by atoms with Gasteiger partial charge in [-0.1, -0.05) is 13.8 Å². The molecule has 0 bridgehead atoms. The van der Waals surface area contributed by atoms with E-state index in [0.29, 0.717) is 12.0 Å². The van der Waals surface area contributed by atoms with Gasteiger partial charge in [0.1, 0.15) is 5.82 Å². The second-order valence-electron chi connectivity index (χ2n) is 5.92. The van der Waals surface area contributed by atoms with Gasteiger partial charge in [0.15, 0.2) is 0 Å². The summed E-state index contributed by atoms with van der Waals surface area (Å²) in [4.78, 5) is 6.93. The minimum atomic E-state index is 0.501. The number of nitrogens with zero attached hydrogens (tertiary/aromatic N) is 2. The van der Waals surface area contributed by atoms with Crippen molar-refractivity contribution >= 4 is 17.6 Å². The summed E-state index contributed by atoms with van der Waals surface area (Å²) in [5, 5.41) is 3.46. The van der Waals surface area contributed by atoms with E-state index >= 15 is 0 Å². The number of aryl methyl sites for hydroxylation is 1. The standard InChI is InChI=1S/C16H29N3S/c1-12(2)8-17-9-15-7-13(3)16(18-10-15)19(5)14(4)11-20-6/h7,10,12,14,17H,8-9,11H2,1-6H3. The highest BCUT2D eigenvalue weighted by Crippen LogP contribution is 2.19. The van der Waals surface area contributed by atoms with E-state index in [4.69, 9.17) is 0 Å². The van der Waals surface area contributed by atoms with Crippen LogP contribution in [0.15, 0.2) is 12.3 Å². The van der Waals surface area contributed by atoms with Crippen LogP contribution in [0.5, 0.6) is 0 Å². The molecule has 3 nitrogen and oxygen atoms in total. The first-order valence-corrected chi connectivity index (χ1v) is 8.73. The highest BCUT2D eigenvalue weighted by atomic mass is 32.2. The maximum absolute atomic E-state index is 4.66. The average molecular weight is 295 g/mol. The van der Waals surface area contributed by atoms with Crippen molar-refractivity contribution in [3.8, 4) is 0 Å². The summed E-state index contributed by atoms with van der Waals surface area (Å²) in [6.45, 7) is 10.8. The van der Waals surface area contributed by atoms with Gasteiger partial charge >= 0.3 is 0 Å². The molecule has 1 N–H and O–H groups in total. The van der Waals surface area contributed by atoms with E-state index in [1.165, 1.54) is 11.1 Å². The Morgan fingerprint density at radius 3 is 2.60 bits per heavy atom. The largest absolute Gasteiger partial charge is 0.356 e. The predicted octanol–water partition coefficient (Wildman–Crippen LogP) is 3.32. The van der Waals surface area contributed by atoms with E-state index in [1.54, 1.807) is 0 Å². The SMILES string of the molecule is CSCC(C)N(C)c1ncc(CNCC(C)C)cc1C. The van der Waals surface area contributed by atoms with Gasteiger partial charge in [0.2, 0.25) is 0 Å². The molecule has 0 saturated carbocycles. The molecule has 0 aliphatic heterocycles. The Labute approximate surface area is 128 Å². The molecule has 1 aromatic heterocycles. The summed E-state index contributed by atoms with van der Waals surface area (Å²) in [7, 11) is 2.13. The van der Waals surface area contributed by atoms with Gasteiger partial charge in [-0.2, -0.15) is 11.8 Å². The van der Waals surface area contributed by atoms with Crippen LogP contribution in [0.3, 0.4) is 0 Å². The number of aromatic nitrogens is 1. The van der Waals surface area contributed by atoms with Crippen LogP contribution in [-0.2, 0) is 6.54 Å². The van der Waals surface area contributed by atoms with Gasteiger partial charge in [0.05, 0.1) is 0 Å². The molecule has 1 rings (SSSR count). The van der Waals surface area contributed by atoms with Crippen LogP contribution < -0.4 is 10.2 Å². The summed E-state index contributed by atoms with van der Waals surface area (Å²) < 4.78 is 0. The second kappa shape index (κ2) is 8.53. The highest BCUT2D eigenvalue weighted by Gasteiger charge is 2.13. The maximum atomic E-state index is 4.66. The van der Waals surface area contributed by atoms with E-state index < -0.39 is 0 Å². The van der Waals surface area contributed by atoms with Crippen molar-refractivity contribution < 1.29 is 0 Å². The van der Waals surface area contributed by atoms with Gasteiger partial charge in [0.25, 0.3) is 0 Å². The van der Waals surface area contributed by atoms with Crippen LogP contribution in [0.4, 0.5) is 5.82 Å². The van der Waals surface area contributed by atoms with E-state index in [1.807, 2.05) is 18.0 Å². The van der Waals surface area contributed by atoms with Gasteiger partial charge in [-0.25, -0.2) is 4.98 Å². The fourth-order valence-electron chi connectivity index (χ4n) is 2.16. The zero-order valence-corrected chi connectivity index (χ0v) is 14.5. The van der Waals surface area contributed by atoms with E-state index in [0.717, 1.165) is 24.7 Å². The smallest absolute Gasteiger partial charge is 0.131 e. The number of pyridine rings is 1. The number of rotatable bonds is 8. The van der Waals surface area contributed by atoms with Gasteiger partial charge in [-0.15, -0.1) is 0 Å². The first-order valence-electron chi connectivity index (χ1n) is 7.33. The molecule has 1 aromatic rings. The highest BCUT2D eigenvalue weighted by molar-refractivity contribution is 7.98. The van der Waals surface area contributed by atoms with Crippen molar-refractivity contribution in [1.82, 2.24) is 10.3 Å². The first-order chi connectivity index (χ1) is 9.45. The van der Waals surface area contributed by atoms with Crippen molar-refractivity contribution in [2.75, 3.05) is 30.5 Å². The van der Waals surface area contributed by atoms with Gasteiger partial charge < -0.3 is 10.2 Å². The molecule has 0 spiro atoms. The van der Waals surface area contributed by atoms with Gasteiger partial charge in [-0.05, 0) is 49.8 Å². The molecule has 0 fully saturated rings. The Balaban J connectivity index is 2.67. The lowest BCUT2D eigenvalue weighted by molar-refractivity contribution is 0.551. The van der Waals surface area contributed by atoms with Crippen molar-refractivity contribution in [2.45, 2.75) is 40.3 Å². The second-order valence-corrected chi connectivity index (χ2v) is 6.83. The van der Waals surface area contributed by atoms with Crippen LogP contribution in [0, 0.1) is 12.8 Å². The third kappa shape index (κ3) is 5.33. The third-order valence-electron chi connectivity index (χ3n) is 3.39. The van der Waals surface area contributed by atoms with Crippen LogP contribution in [0.1, 0.15) is 31.9 Å². The average Bonchev–Trinajstić information content (AvgIpc) is 2.38. The lowest BCUT2D eigenvalue weighted by Crippen LogP contribution is -2.32. The fourth-order valence-corrected chi connectivity index (χ4v) is 2.86. The molecule has 114 valence electrons. The van der Waals surface area contributed by atoms with Crippen molar-refractivity contribution in [3.05, 3.63) is 23.4 Å². The maximum Gasteiger partial charge on any atom is 0.131 e. The molecule has 0 aliphatic carbocycles. The number of hydrogen-bond acceptors (Lipinski definition) is 4. The molecule has 20 heavy (non-hydrogen) atoms. The molecule has 0 amide bonds. The summed E-state index contributed by atoms with van der Waals surface area (Å²) in [5.74, 6) is 2.90. The normalized spacial score (nSPS) is 12.8. The molecule has 0 saturated heterocycles. The lowest BCUT2D eigenvalue weighted by atomic mass is 10.1. The Hall–Kier alpha value is -0.740. The van der Waals surface area contributed by atoms with Crippen LogP contribution in [0.2, 0.25) is 0 Å². The van der Waals surface area contributed by atoms with Crippen molar-refractivity contribution in [1.29, 1.82) is 0 Å². The van der Waals surface area contributed by atoms with Crippen molar-refractivity contribution in [3.63, 3.8) is 0 Å². The number of anilines is 1. The van der Waals surface area contributed by atoms with Crippen LogP contribution >= 0.6 is 11.8 Å². The molecule has 0 aromatic carbocycles. The quantitative estimate of drug-likeness (QED) is 0.796. The van der Waals surface area contributed by atoms with Gasteiger partial charge in [-0.3, -0.25) is 0 Å². The number of thioether (sulfide) groups is 1. The minimum absolute atomic E-state index is 0.501.